The highest BCUT2D eigenvalue weighted by atomic mass is 15.2. The standard InChI is InChI=1S/C23H26N2/c1-3-20-15-17(2)22-10-9-19(18-11-13-24-14-12-18)16-23(22)25(20)21-7-5-4-6-8-21/h1,9-14,16-17,20-21H,4-8,15H2,2H3. The summed E-state index contributed by atoms with van der Waals surface area (Å²) in [7, 11) is 0. The number of benzene rings is 1. The van der Waals surface area contributed by atoms with Crippen LogP contribution in [0.3, 0.4) is 0 Å². The van der Waals surface area contributed by atoms with Crippen molar-refractivity contribution < 1.29 is 0 Å². The molecule has 0 bridgehead atoms. The fourth-order valence-corrected chi connectivity index (χ4v) is 4.61. The lowest BCUT2D eigenvalue weighted by atomic mass is 9.82. The van der Waals surface area contributed by atoms with Gasteiger partial charge in [0.25, 0.3) is 0 Å². The molecule has 2 heterocycles. The average Bonchev–Trinajstić information content (AvgIpc) is 2.68. The predicted molar refractivity (Wildman–Crippen MR) is 105 cm³/mol. The molecule has 2 unspecified atom stereocenters. The Hall–Kier alpha value is -2.27. The Labute approximate surface area is 151 Å². The molecule has 1 aromatic carbocycles. The van der Waals surface area contributed by atoms with Crippen LogP contribution < -0.4 is 4.90 Å². The van der Waals surface area contributed by atoms with Gasteiger partial charge in [0.2, 0.25) is 0 Å². The second kappa shape index (κ2) is 6.92. The van der Waals surface area contributed by atoms with Crippen molar-refractivity contribution in [2.75, 3.05) is 4.90 Å². The molecule has 2 heteroatoms. The first-order valence-corrected chi connectivity index (χ1v) is 9.56. The number of terminal acetylenes is 1. The van der Waals surface area contributed by atoms with Crippen molar-refractivity contribution in [3.05, 3.63) is 48.3 Å². The summed E-state index contributed by atoms with van der Waals surface area (Å²) < 4.78 is 0. The van der Waals surface area contributed by atoms with Crippen molar-refractivity contribution in [1.82, 2.24) is 4.98 Å². The Morgan fingerprint density at radius 1 is 1.04 bits per heavy atom. The third-order valence-corrected chi connectivity index (χ3v) is 5.93. The Bertz CT molecular complexity index is 768. The topological polar surface area (TPSA) is 16.1 Å². The van der Waals surface area contributed by atoms with E-state index in [1.54, 1.807) is 0 Å². The van der Waals surface area contributed by atoms with Gasteiger partial charge in [0.15, 0.2) is 0 Å². The third kappa shape index (κ3) is 3.04. The van der Waals surface area contributed by atoms with Crippen LogP contribution in [-0.4, -0.2) is 17.1 Å². The zero-order chi connectivity index (χ0) is 17.2. The number of anilines is 1. The maximum atomic E-state index is 5.97. The lowest BCUT2D eigenvalue weighted by Crippen LogP contribution is -2.47. The maximum Gasteiger partial charge on any atom is 0.0910 e. The minimum atomic E-state index is 0.221. The minimum absolute atomic E-state index is 0.221. The van der Waals surface area contributed by atoms with Crippen molar-refractivity contribution in [3.63, 3.8) is 0 Å². The fourth-order valence-electron chi connectivity index (χ4n) is 4.61. The molecule has 1 fully saturated rings. The van der Waals surface area contributed by atoms with E-state index in [4.69, 9.17) is 6.42 Å². The summed E-state index contributed by atoms with van der Waals surface area (Å²) in [6, 6.07) is 11.9. The smallest absolute Gasteiger partial charge is 0.0910 e. The van der Waals surface area contributed by atoms with Crippen LogP contribution in [0, 0.1) is 12.3 Å². The predicted octanol–water partition coefficient (Wildman–Crippen LogP) is 5.40. The normalized spacial score (nSPS) is 23.8. The van der Waals surface area contributed by atoms with Crippen molar-refractivity contribution >= 4 is 5.69 Å². The Balaban J connectivity index is 1.79. The number of aromatic nitrogens is 1. The van der Waals surface area contributed by atoms with Gasteiger partial charge in [0.1, 0.15) is 0 Å². The van der Waals surface area contributed by atoms with Crippen molar-refractivity contribution in [2.24, 2.45) is 0 Å². The second-order valence-corrected chi connectivity index (χ2v) is 7.53. The summed E-state index contributed by atoms with van der Waals surface area (Å²) in [5, 5.41) is 0. The summed E-state index contributed by atoms with van der Waals surface area (Å²) in [6.07, 6.45) is 17.3. The van der Waals surface area contributed by atoms with Gasteiger partial charge in [-0.3, -0.25) is 4.98 Å². The summed E-state index contributed by atoms with van der Waals surface area (Å²) in [5.41, 5.74) is 5.29. The zero-order valence-electron chi connectivity index (χ0n) is 15.0. The van der Waals surface area contributed by atoms with Gasteiger partial charge in [0.05, 0.1) is 6.04 Å². The van der Waals surface area contributed by atoms with Gasteiger partial charge in [0, 0.05) is 24.1 Å². The molecule has 0 saturated heterocycles. The highest BCUT2D eigenvalue weighted by molar-refractivity contribution is 5.72. The van der Waals surface area contributed by atoms with E-state index in [2.05, 4.69) is 53.1 Å². The summed E-state index contributed by atoms with van der Waals surface area (Å²) >= 11 is 0. The van der Waals surface area contributed by atoms with Crippen LogP contribution in [0.2, 0.25) is 0 Å². The first-order chi connectivity index (χ1) is 12.3. The van der Waals surface area contributed by atoms with Gasteiger partial charge in [-0.2, -0.15) is 0 Å². The van der Waals surface area contributed by atoms with Crippen molar-refractivity contribution in [1.29, 1.82) is 0 Å². The van der Waals surface area contributed by atoms with Crippen LogP contribution in [0.25, 0.3) is 11.1 Å². The second-order valence-electron chi connectivity index (χ2n) is 7.53. The molecular weight excluding hydrogens is 304 g/mol. The molecule has 2 nitrogen and oxygen atoms in total. The number of hydrogen-bond donors (Lipinski definition) is 0. The van der Waals surface area contributed by atoms with E-state index >= 15 is 0 Å². The Kier molecular flexibility index (Phi) is 4.49. The van der Waals surface area contributed by atoms with E-state index < -0.39 is 0 Å². The number of nitrogens with zero attached hydrogens (tertiary/aromatic N) is 2. The van der Waals surface area contributed by atoms with Crippen LogP contribution in [-0.2, 0) is 0 Å². The van der Waals surface area contributed by atoms with E-state index in [-0.39, 0.29) is 6.04 Å². The van der Waals surface area contributed by atoms with E-state index in [0.717, 1.165) is 6.42 Å². The molecule has 1 aromatic heterocycles. The molecule has 4 rings (SSSR count). The van der Waals surface area contributed by atoms with Crippen LogP contribution in [0.5, 0.6) is 0 Å². The third-order valence-electron chi connectivity index (χ3n) is 5.93. The summed E-state index contributed by atoms with van der Waals surface area (Å²) in [5.74, 6) is 3.61. The lowest BCUT2D eigenvalue weighted by Gasteiger charge is -2.45. The number of fused-ring (bicyclic) bond motifs is 1. The molecule has 128 valence electrons. The van der Waals surface area contributed by atoms with E-state index in [0.29, 0.717) is 12.0 Å². The molecule has 2 atom stereocenters. The van der Waals surface area contributed by atoms with Crippen LogP contribution in [0.4, 0.5) is 5.69 Å². The summed E-state index contributed by atoms with van der Waals surface area (Å²) in [4.78, 5) is 6.73. The lowest BCUT2D eigenvalue weighted by molar-refractivity contribution is 0.384. The SMILES string of the molecule is C#CC1CC(C)c2ccc(-c3ccncc3)cc2N1C1CCCCC1. The Morgan fingerprint density at radius 2 is 1.80 bits per heavy atom. The highest BCUT2D eigenvalue weighted by Gasteiger charge is 2.34. The molecule has 1 aliphatic carbocycles. The van der Waals surface area contributed by atoms with Crippen LogP contribution in [0.15, 0.2) is 42.7 Å². The largest absolute Gasteiger partial charge is 0.354 e. The van der Waals surface area contributed by atoms with Gasteiger partial charge in [-0.05, 0) is 60.1 Å². The summed E-state index contributed by atoms with van der Waals surface area (Å²) in [6.45, 7) is 2.31. The molecular formula is C23H26N2. The quantitative estimate of drug-likeness (QED) is 0.686. The van der Waals surface area contributed by atoms with Gasteiger partial charge in [-0.1, -0.05) is 44.2 Å². The van der Waals surface area contributed by atoms with Gasteiger partial charge >= 0.3 is 0 Å². The molecule has 0 spiro atoms. The molecule has 2 aromatic rings. The van der Waals surface area contributed by atoms with Gasteiger partial charge < -0.3 is 4.90 Å². The van der Waals surface area contributed by atoms with Crippen LogP contribution >= 0.6 is 0 Å². The average molecular weight is 330 g/mol. The number of pyridine rings is 1. The molecule has 0 radical (unpaired) electrons. The first-order valence-electron chi connectivity index (χ1n) is 9.56. The fraction of sp³-hybridized carbons (Fsp3) is 0.435. The Morgan fingerprint density at radius 3 is 2.52 bits per heavy atom. The molecule has 25 heavy (non-hydrogen) atoms. The molecule has 2 aliphatic rings. The molecule has 1 aliphatic heterocycles. The molecule has 1 saturated carbocycles. The van der Waals surface area contributed by atoms with Gasteiger partial charge in [-0.25, -0.2) is 0 Å². The molecule has 0 amide bonds. The first kappa shape index (κ1) is 16.2. The zero-order valence-corrected chi connectivity index (χ0v) is 15.0. The van der Waals surface area contributed by atoms with E-state index in [1.807, 2.05) is 12.4 Å². The van der Waals surface area contributed by atoms with Crippen molar-refractivity contribution in [2.45, 2.75) is 63.5 Å². The number of rotatable bonds is 2. The highest BCUT2D eigenvalue weighted by Crippen LogP contribution is 2.43. The van der Waals surface area contributed by atoms with Crippen molar-refractivity contribution in [3.8, 4) is 23.5 Å². The minimum Gasteiger partial charge on any atom is -0.354 e. The maximum absolute atomic E-state index is 5.97. The monoisotopic (exact) mass is 330 g/mol. The van der Waals surface area contributed by atoms with E-state index in [9.17, 15) is 0 Å². The van der Waals surface area contributed by atoms with Crippen LogP contribution in [0.1, 0.15) is 56.9 Å². The number of hydrogen-bond acceptors (Lipinski definition) is 2. The van der Waals surface area contributed by atoms with E-state index in [1.165, 1.54) is 54.5 Å². The molecule has 0 N–H and O–H groups in total. The van der Waals surface area contributed by atoms with Gasteiger partial charge in [-0.15, -0.1) is 6.42 Å².